The van der Waals surface area contributed by atoms with E-state index in [1.807, 2.05) is 31.1 Å². The van der Waals surface area contributed by atoms with Gasteiger partial charge in [0.25, 0.3) is 0 Å². The van der Waals surface area contributed by atoms with Crippen molar-refractivity contribution in [2.24, 2.45) is 0 Å². The smallest absolute Gasteiger partial charge is 0.224 e. The van der Waals surface area contributed by atoms with Crippen molar-refractivity contribution in [1.82, 2.24) is 10.3 Å². The molecule has 0 bridgehead atoms. The molecular weight excluding hydrogens is 269 g/mol. The SMILES string of the molecule is CN(C)c1cc(CNC(=O)Cc2ccc(F)cc2)ccn1. The zero-order valence-corrected chi connectivity index (χ0v) is 12.1. The Hall–Kier alpha value is -2.43. The Labute approximate surface area is 123 Å². The number of benzene rings is 1. The molecule has 2 rings (SSSR count). The van der Waals surface area contributed by atoms with E-state index in [1.165, 1.54) is 12.1 Å². The third-order valence-electron chi connectivity index (χ3n) is 3.04. The van der Waals surface area contributed by atoms with Gasteiger partial charge in [-0.15, -0.1) is 0 Å². The van der Waals surface area contributed by atoms with Gasteiger partial charge in [-0.1, -0.05) is 12.1 Å². The number of nitrogens with one attached hydrogen (secondary N) is 1. The summed E-state index contributed by atoms with van der Waals surface area (Å²) in [6, 6.07) is 9.74. The van der Waals surface area contributed by atoms with Gasteiger partial charge < -0.3 is 10.2 Å². The number of hydrogen-bond donors (Lipinski definition) is 1. The zero-order valence-electron chi connectivity index (χ0n) is 12.1. The molecule has 0 saturated heterocycles. The van der Waals surface area contributed by atoms with Gasteiger partial charge in [0.1, 0.15) is 11.6 Å². The maximum absolute atomic E-state index is 12.8. The Morgan fingerprint density at radius 3 is 2.57 bits per heavy atom. The second kappa shape index (κ2) is 6.83. The molecular formula is C16H18FN3O. The van der Waals surface area contributed by atoms with Crippen molar-refractivity contribution in [3.63, 3.8) is 0 Å². The van der Waals surface area contributed by atoms with E-state index in [2.05, 4.69) is 10.3 Å². The van der Waals surface area contributed by atoms with Gasteiger partial charge in [0.05, 0.1) is 6.42 Å². The number of hydrogen-bond acceptors (Lipinski definition) is 3. The standard InChI is InChI=1S/C16H18FN3O/c1-20(2)15-9-13(7-8-18-15)11-19-16(21)10-12-3-5-14(17)6-4-12/h3-9H,10-11H2,1-2H3,(H,19,21). The molecule has 0 saturated carbocycles. The van der Waals surface area contributed by atoms with E-state index in [4.69, 9.17) is 0 Å². The number of rotatable bonds is 5. The maximum Gasteiger partial charge on any atom is 0.224 e. The van der Waals surface area contributed by atoms with Crippen molar-refractivity contribution in [3.8, 4) is 0 Å². The van der Waals surface area contributed by atoms with Gasteiger partial charge >= 0.3 is 0 Å². The summed E-state index contributed by atoms with van der Waals surface area (Å²) < 4.78 is 12.8. The normalized spacial score (nSPS) is 10.2. The minimum Gasteiger partial charge on any atom is -0.363 e. The predicted octanol–water partition coefficient (Wildman–Crippen LogP) is 2.15. The van der Waals surface area contributed by atoms with Gasteiger partial charge in [0.2, 0.25) is 5.91 Å². The second-order valence-electron chi connectivity index (χ2n) is 5.00. The molecule has 4 nitrogen and oxygen atoms in total. The Morgan fingerprint density at radius 2 is 1.90 bits per heavy atom. The van der Waals surface area contributed by atoms with E-state index in [0.717, 1.165) is 16.9 Å². The maximum atomic E-state index is 12.8. The van der Waals surface area contributed by atoms with Crippen molar-refractivity contribution in [3.05, 3.63) is 59.5 Å². The van der Waals surface area contributed by atoms with Gasteiger partial charge in [-0.25, -0.2) is 9.37 Å². The van der Waals surface area contributed by atoms with Crippen LogP contribution in [0.15, 0.2) is 42.6 Å². The third kappa shape index (κ3) is 4.56. The lowest BCUT2D eigenvalue weighted by atomic mass is 10.1. The van der Waals surface area contributed by atoms with E-state index < -0.39 is 0 Å². The number of carbonyl (C=O) groups is 1. The molecule has 110 valence electrons. The minimum absolute atomic E-state index is 0.0928. The zero-order chi connectivity index (χ0) is 15.2. The molecule has 1 aromatic carbocycles. The Bertz CT molecular complexity index is 611. The first-order valence-electron chi connectivity index (χ1n) is 6.68. The van der Waals surface area contributed by atoms with Crippen molar-refractivity contribution >= 4 is 11.7 Å². The number of aromatic nitrogens is 1. The largest absolute Gasteiger partial charge is 0.363 e. The molecule has 0 spiro atoms. The molecule has 1 N–H and O–H groups in total. The van der Waals surface area contributed by atoms with Crippen molar-refractivity contribution in [2.75, 3.05) is 19.0 Å². The van der Waals surface area contributed by atoms with E-state index in [1.54, 1.807) is 18.3 Å². The number of nitrogens with zero attached hydrogens (tertiary/aromatic N) is 2. The van der Waals surface area contributed by atoms with Crippen LogP contribution in [0.5, 0.6) is 0 Å². The topological polar surface area (TPSA) is 45.2 Å². The minimum atomic E-state index is -0.299. The Morgan fingerprint density at radius 1 is 1.19 bits per heavy atom. The molecule has 0 aliphatic heterocycles. The summed E-state index contributed by atoms with van der Waals surface area (Å²) in [7, 11) is 3.83. The summed E-state index contributed by atoms with van der Waals surface area (Å²) in [4.78, 5) is 18.0. The second-order valence-corrected chi connectivity index (χ2v) is 5.00. The first kappa shape index (κ1) is 15.0. The first-order chi connectivity index (χ1) is 10.0. The van der Waals surface area contributed by atoms with E-state index >= 15 is 0 Å². The summed E-state index contributed by atoms with van der Waals surface area (Å²) in [5.41, 5.74) is 1.78. The van der Waals surface area contributed by atoms with Gasteiger partial charge in [-0.2, -0.15) is 0 Å². The van der Waals surface area contributed by atoms with Gasteiger partial charge in [-0.05, 0) is 35.4 Å². The highest BCUT2D eigenvalue weighted by atomic mass is 19.1. The highest BCUT2D eigenvalue weighted by Crippen LogP contribution is 2.09. The van der Waals surface area contributed by atoms with E-state index in [9.17, 15) is 9.18 Å². The van der Waals surface area contributed by atoms with Crippen LogP contribution >= 0.6 is 0 Å². The molecule has 0 fully saturated rings. The lowest BCUT2D eigenvalue weighted by Crippen LogP contribution is -2.24. The van der Waals surface area contributed by atoms with Crippen molar-refractivity contribution < 1.29 is 9.18 Å². The van der Waals surface area contributed by atoms with Crippen LogP contribution in [-0.2, 0) is 17.8 Å². The van der Waals surface area contributed by atoms with E-state index in [0.29, 0.717) is 6.54 Å². The van der Waals surface area contributed by atoms with Gasteiger partial charge in [0, 0.05) is 26.8 Å². The molecule has 5 heteroatoms. The van der Waals surface area contributed by atoms with Crippen LogP contribution < -0.4 is 10.2 Å². The monoisotopic (exact) mass is 287 g/mol. The molecule has 2 aromatic rings. The summed E-state index contributed by atoms with van der Waals surface area (Å²) in [5.74, 6) is 0.456. The Kier molecular flexibility index (Phi) is 4.87. The molecule has 1 heterocycles. The van der Waals surface area contributed by atoms with Crippen LogP contribution in [0.4, 0.5) is 10.2 Å². The van der Waals surface area contributed by atoms with Crippen LogP contribution in [0.3, 0.4) is 0 Å². The number of carbonyl (C=O) groups excluding carboxylic acids is 1. The molecule has 0 aliphatic rings. The first-order valence-corrected chi connectivity index (χ1v) is 6.68. The van der Waals surface area contributed by atoms with Crippen LogP contribution in [0, 0.1) is 5.82 Å². The lowest BCUT2D eigenvalue weighted by Gasteiger charge is -2.12. The molecule has 0 aliphatic carbocycles. The van der Waals surface area contributed by atoms with Crippen LogP contribution in [0.25, 0.3) is 0 Å². The lowest BCUT2D eigenvalue weighted by molar-refractivity contribution is -0.120. The third-order valence-corrected chi connectivity index (χ3v) is 3.04. The average Bonchev–Trinajstić information content (AvgIpc) is 2.48. The summed E-state index contributed by atoms with van der Waals surface area (Å²) in [6.45, 7) is 0.448. The molecule has 0 atom stereocenters. The quantitative estimate of drug-likeness (QED) is 0.916. The number of anilines is 1. The average molecular weight is 287 g/mol. The van der Waals surface area contributed by atoms with Crippen LogP contribution in [0.1, 0.15) is 11.1 Å². The van der Waals surface area contributed by atoms with Crippen molar-refractivity contribution in [1.29, 1.82) is 0 Å². The molecule has 0 radical (unpaired) electrons. The van der Waals surface area contributed by atoms with Gasteiger partial charge in [-0.3, -0.25) is 4.79 Å². The summed E-state index contributed by atoms with van der Waals surface area (Å²) >= 11 is 0. The highest BCUT2D eigenvalue weighted by Gasteiger charge is 2.05. The Balaban J connectivity index is 1.89. The van der Waals surface area contributed by atoms with Gasteiger partial charge in [0.15, 0.2) is 0 Å². The fourth-order valence-corrected chi connectivity index (χ4v) is 1.87. The van der Waals surface area contributed by atoms with Crippen LogP contribution in [0.2, 0.25) is 0 Å². The number of amides is 1. The molecule has 1 aromatic heterocycles. The number of halogens is 1. The van der Waals surface area contributed by atoms with Crippen molar-refractivity contribution in [2.45, 2.75) is 13.0 Å². The fourth-order valence-electron chi connectivity index (χ4n) is 1.87. The summed E-state index contributed by atoms with van der Waals surface area (Å²) in [5, 5.41) is 2.85. The summed E-state index contributed by atoms with van der Waals surface area (Å²) in [6.07, 6.45) is 1.96. The highest BCUT2D eigenvalue weighted by molar-refractivity contribution is 5.78. The fraction of sp³-hybridized carbons (Fsp3) is 0.250. The number of pyridine rings is 1. The predicted molar refractivity (Wildman–Crippen MR) is 80.5 cm³/mol. The molecule has 1 amide bonds. The molecule has 0 unspecified atom stereocenters. The van der Waals surface area contributed by atoms with Crippen LogP contribution in [-0.4, -0.2) is 25.0 Å². The van der Waals surface area contributed by atoms with E-state index in [-0.39, 0.29) is 18.1 Å². The molecule has 21 heavy (non-hydrogen) atoms.